The molecule has 1 atom stereocenters. The number of aromatic nitrogens is 6. The first-order valence-corrected chi connectivity index (χ1v) is 12.2. The molecule has 3 aromatic heterocycles. The number of ether oxygens (including phenoxy) is 1. The molecule has 0 saturated carbocycles. The molecule has 4 aromatic rings. The molecule has 10 nitrogen and oxygen atoms in total. The predicted molar refractivity (Wildman–Crippen MR) is 133 cm³/mol. The molecular weight excluding hydrogens is 613 g/mol. The molecule has 35 heavy (non-hydrogen) atoms. The summed E-state index contributed by atoms with van der Waals surface area (Å²) in [6.07, 6.45) is 1.89. The Morgan fingerprint density at radius 3 is 2.71 bits per heavy atom. The molecule has 14 heteroatoms. The summed E-state index contributed by atoms with van der Waals surface area (Å²) < 4.78 is 24.7. The number of pyridine rings is 1. The Morgan fingerprint density at radius 1 is 1.26 bits per heavy atom. The van der Waals surface area contributed by atoms with Gasteiger partial charge in [0.25, 0.3) is 0 Å². The van der Waals surface area contributed by atoms with Crippen molar-refractivity contribution in [3.63, 3.8) is 0 Å². The van der Waals surface area contributed by atoms with Crippen LogP contribution in [0.15, 0.2) is 45.9 Å². The fourth-order valence-electron chi connectivity index (χ4n) is 3.49. The quantitative estimate of drug-likeness (QED) is 0.174. The first-order chi connectivity index (χ1) is 16.7. The first-order valence-electron chi connectivity index (χ1n) is 10.2. The lowest BCUT2D eigenvalue weighted by molar-refractivity contribution is -0.390. The number of aryl methyl sites for hydroxylation is 1. The highest BCUT2D eigenvalue weighted by molar-refractivity contribution is 9.10. The predicted octanol–water partition coefficient (Wildman–Crippen LogP) is 5.97. The Hall–Kier alpha value is -2.90. The van der Waals surface area contributed by atoms with Crippen molar-refractivity contribution >= 4 is 49.3 Å². The van der Waals surface area contributed by atoms with Crippen LogP contribution in [-0.4, -0.2) is 34.5 Å². The maximum Gasteiger partial charge on any atom is 0.406 e. The number of benzene rings is 1. The van der Waals surface area contributed by atoms with Gasteiger partial charge in [-0.15, -0.1) is 0 Å². The molecule has 182 valence electrons. The maximum atomic E-state index is 14.3. The fraction of sp³-hybridized carbons (Fsp3) is 0.238. The van der Waals surface area contributed by atoms with Crippen LogP contribution in [0.2, 0.25) is 5.15 Å². The number of hydrogen-bond donors (Lipinski definition) is 0. The van der Waals surface area contributed by atoms with Gasteiger partial charge in [0.05, 0.1) is 11.0 Å². The molecule has 0 radical (unpaired) electrons. The van der Waals surface area contributed by atoms with E-state index in [9.17, 15) is 14.5 Å². The average Bonchev–Trinajstić information content (AvgIpc) is 3.38. The van der Waals surface area contributed by atoms with Crippen molar-refractivity contribution in [3.8, 4) is 17.1 Å². The van der Waals surface area contributed by atoms with Crippen molar-refractivity contribution < 1.29 is 14.1 Å². The topological polar surface area (TPSA) is 114 Å². The summed E-state index contributed by atoms with van der Waals surface area (Å²) in [4.78, 5) is 18.9. The van der Waals surface area contributed by atoms with E-state index in [1.807, 2.05) is 6.92 Å². The lowest BCUT2D eigenvalue weighted by Crippen LogP contribution is -2.10. The number of halogens is 4. The first kappa shape index (κ1) is 25.2. The van der Waals surface area contributed by atoms with Crippen molar-refractivity contribution in [2.24, 2.45) is 0 Å². The zero-order chi connectivity index (χ0) is 25.3. The van der Waals surface area contributed by atoms with Crippen LogP contribution in [0.3, 0.4) is 0 Å². The summed E-state index contributed by atoms with van der Waals surface area (Å²) in [5.74, 6) is -0.573. The second kappa shape index (κ2) is 10.4. The zero-order valence-electron chi connectivity index (χ0n) is 18.3. The molecule has 1 aromatic carbocycles. The van der Waals surface area contributed by atoms with Crippen LogP contribution in [0.1, 0.15) is 31.1 Å². The van der Waals surface area contributed by atoms with E-state index in [0.29, 0.717) is 38.7 Å². The highest BCUT2D eigenvalue weighted by Gasteiger charge is 2.24. The number of nitro groups is 1. The van der Waals surface area contributed by atoms with E-state index in [4.69, 9.17) is 16.3 Å². The summed E-state index contributed by atoms with van der Waals surface area (Å²) in [7, 11) is 0. The standard InChI is InChI=1S/C21H17Br2ClFN7O3/c1-3-30-18(23)16(19(24)29-30)9-31-20(27-10-28-31)14-5-4-13(25)7-15(14)11(2)35-17-6-12(22)8-26-21(17)32(33)34/h4-8,10-11H,3,9H2,1-2H3. The van der Waals surface area contributed by atoms with Gasteiger partial charge in [-0.2, -0.15) is 10.2 Å². The molecule has 0 aliphatic heterocycles. The van der Waals surface area contributed by atoms with Gasteiger partial charge in [-0.3, -0.25) is 4.68 Å². The second-order valence-corrected chi connectivity index (χ2v) is 9.37. The summed E-state index contributed by atoms with van der Waals surface area (Å²) in [5, 5.41) is 20.3. The minimum Gasteiger partial charge on any atom is -0.478 e. The third-order valence-corrected chi connectivity index (χ3v) is 6.75. The molecule has 0 N–H and O–H groups in total. The Balaban J connectivity index is 1.73. The summed E-state index contributed by atoms with van der Waals surface area (Å²) in [5.41, 5.74) is 1.67. The SMILES string of the molecule is CCn1nc(Cl)c(Cn2ncnc2-c2ccc(F)cc2C(C)Oc2cc(Br)cnc2[N+](=O)[O-])c1Br. The molecule has 4 rings (SSSR count). The van der Waals surface area contributed by atoms with E-state index < -0.39 is 22.7 Å². The number of hydrogen-bond acceptors (Lipinski definition) is 7. The van der Waals surface area contributed by atoms with Gasteiger partial charge in [0, 0.05) is 29.3 Å². The van der Waals surface area contributed by atoms with E-state index in [0.717, 1.165) is 4.60 Å². The van der Waals surface area contributed by atoms with Crippen LogP contribution in [0, 0.1) is 15.9 Å². The Morgan fingerprint density at radius 2 is 2.03 bits per heavy atom. The highest BCUT2D eigenvalue weighted by Crippen LogP contribution is 2.35. The molecule has 0 aliphatic carbocycles. The van der Waals surface area contributed by atoms with Gasteiger partial charge >= 0.3 is 5.82 Å². The average molecular weight is 630 g/mol. The van der Waals surface area contributed by atoms with E-state index in [1.54, 1.807) is 22.4 Å². The number of rotatable bonds is 8. The molecule has 0 fully saturated rings. The Labute approximate surface area is 220 Å². The van der Waals surface area contributed by atoms with E-state index in [2.05, 4.69) is 52.0 Å². The van der Waals surface area contributed by atoms with Crippen molar-refractivity contribution in [3.05, 3.63) is 78.1 Å². The molecular formula is C21H17Br2ClFN7O3. The largest absolute Gasteiger partial charge is 0.478 e. The van der Waals surface area contributed by atoms with Gasteiger partial charge in [-0.1, -0.05) is 11.6 Å². The Kier molecular flexibility index (Phi) is 7.47. The van der Waals surface area contributed by atoms with Crippen LogP contribution in [0.4, 0.5) is 10.2 Å². The minimum atomic E-state index is -0.793. The molecule has 0 saturated heterocycles. The van der Waals surface area contributed by atoms with Gasteiger partial charge in [0.15, 0.2) is 17.2 Å². The smallest absolute Gasteiger partial charge is 0.406 e. The molecule has 0 bridgehead atoms. The van der Waals surface area contributed by atoms with Crippen molar-refractivity contribution in [2.75, 3.05) is 0 Å². The Bertz CT molecular complexity index is 1410. The number of nitrogens with zero attached hydrogens (tertiary/aromatic N) is 7. The zero-order valence-corrected chi connectivity index (χ0v) is 22.3. The van der Waals surface area contributed by atoms with Crippen LogP contribution in [0.5, 0.6) is 5.75 Å². The van der Waals surface area contributed by atoms with E-state index >= 15 is 0 Å². The molecule has 0 amide bonds. The summed E-state index contributed by atoms with van der Waals surface area (Å²) >= 11 is 13.1. The normalized spacial score (nSPS) is 12.1. The van der Waals surface area contributed by atoms with Crippen LogP contribution in [-0.2, 0) is 13.1 Å². The molecule has 1 unspecified atom stereocenters. The lowest BCUT2D eigenvalue weighted by Gasteiger charge is -2.18. The van der Waals surface area contributed by atoms with Crippen LogP contribution >= 0.6 is 43.5 Å². The molecule has 0 spiro atoms. The fourth-order valence-corrected chi connectivity index (χ4v) is 4.80. The summed E-state index contributed by atoms with van der Waals surface area (Å²) in [6, 6.07) is 5.60. The van der Waals surface area contributed by atoms with Gasteiger partial charge in [0.1, 0.15) is 22.9 Å². The van der Waals surface area contributed by atoms with Gasteiger partial charge < -0.3 is 14.9 Å². The van der Waals surface area contributed by atoms with Gasteiger partial charge in [-0.05, 0) is 73.8 Å². The lowest BCUT2D eigenvalue weighted by atomic mass is 10.0. The van der Waals surface area contributed by atoms with Crippen LogP contribution < -0.4 is 4.74 Å². The van der Waals surface area contributed by atoms with E-state index in [1.165, 1.54) is 30.7 Å². The van der Waals surface area contributed by atoms with Gasteiger partial charge in [-0.25, -0.2) is 14.1 Å². The van der Waals surface area contributed by atoms with Crippen molar-refractivity contribution in [2.45, 2.75) is 33.0 Å². The summed E-state index contributed by atoms with van der Waals surface area (Å²) in [6.45, 7) is 4.47. The second-order valence-electron chi connectivity index (χ2n) is 7.34. The van der Waals surface area contributed by atoms with E-state index in [-0.39, 0.29) is 12.3 Å². The highest BCUT2D eigenvalue weighted by atomic mass is 79.9. The maximum absolute atomic E-state index is 14.3. The third-order valence-electron chi connectivity index (χ3n) is 5.12. The molecule has 0 aliphatic rings. The van der Waals surface area contributed by atoms with Crippen molar-refractivity contribution in [1.29, 1.82) is 0 Å². The third kappa shape index (κ3) is 5.21. The monoisotopic (exact) mass is 627 g/mol. The molecule has 3 heterocycles. The van der Waals surface area contributed by atoms with Crippen LogP contribution in [0.25, 0.3) is 11.4 Å². The van der Waals surface area contributed by atoms with Gasteiger partial charge in [0.2, 0.25) is 5.75 Å². The minimum absolute atomic E-state index is 0.0590. The van der Waals surface area contributed by atoms with Crippen molar-refractivity contribution in [1.82, 2.24) is 29.5 Å².